The van der Waals surface area contributed by atoms with Crippen molar-refractivity contribution in [1.29, 1.82) is 0 Å². The molecule has 0 radical (unpaired) electrons. The molecule has 2 aromatic carbocycles. The Balaban J connectivity index is 2.20. The van der Waals surface area contributed by atoms with Crippen LogP contribution < -0.4 is 4.46 Å². The Kier molecular flexibility index (Phi) is 4.95. The van der Waals surface area contributed by atoms with E-state index in [0.29, 0.717) is 0 Å². The van der Waals surface area contributed by atoms with E-state index in [4.69, 9.17) is 0 Å². The van der Waals surface area contributed by atoms with Crippen LogP contribution in [0, 0.1) is 0 Å². The van der Waals surface area contributed by atoms with Gasteiger partial charge in [0, 0.05) is 0 Å². The molecule has 98 valence electrons. The summed E-state index contributed by atoms with van der Waals surface area (Å²) in [5.74, 6) is 0. The molecule has 0 fully saturated rings. The second-order valence-electron chi connectivity index (χ2n) is 4.61. The van der Waals surface area contributed by atoms with Crippen molar-refractivity contribution >= 4 is 25.7 Å². The molecule has 2 heteroatoms. The van der Waals surface area contributed by atoms with Gasteiger partial charge in [-0.15, -0.1) is 0 Å². The standard InChI is InChI=1S/C17H18OSe/c1-2-17(14-18,13-15-9-5-3-6-10-15)19-16-11-7-4-8-12-16/h3-12,14H,2,13H2,1H3. The predicted octanol–water partition coefficient (Wildman–Crippen LogP) is 3.03. The Bertz CT molecular complexity index is 466. The molecule has 1 unspecified atom stereocenters. The van der Waals surface area contributed by atoms with Gasteiger partial charge in [0.2, 0.25) is 0 Å². The van der Waals surface area contributed by atoms with Crippen LogP contribution in [-0.2, 0) is 11.2 Å². The first-order valence-electron chi connectivity index (χ1n) is 6.52. The number of aldehydes is 1. The van der Waals surface area contributed by atoms with Crippen LogP contribution in [-0.4, -0.2) is 21.2 Å². The van der Waals surface area contributed by atoms with Crippen LogP contribution in [0.15, 0.2) is 60.7 Å². The van der Waals surface area contributed by atoms with Crippen molar-refractivity contribution in [2.24, 2.45) is 0 Å². The first kappa shape index (κ1) is 14.0. The van der Waals surface area contributed by atoms with Crippen molar-refractivity contribution in [2.75, 3.05) is 0 Å². The summed E-state index contributed by atoms with van der Waals surface area (Å²) in [6.07, 6.45) is 2.90. The Labute approximate surface area is 121 Å². The zero-order valence-corrected chi connectivity index (χ0v) is 12.8. The molecule has 0 saturated heterocycles. The molecule has 2 rings (SSSR count). The van der Waals surface area contributed by atoms with Gasteiger partial charge in [-0.25, -0.2) is 0 Å². The first-order valence-corrected chi connectivity index (χ1v) is 8.23. The van der Waals surface area contributed by atoms with Crippen molar-refractivity contribution in [1.82, 2.24) is 0 Å². The summed E-state index contributed by atoms with van der Waals surface area (Å²) in [5.41, 5.74) is 1.24. The fourth-order valence-corrected chi connectivity index (χ4v) is 4.55. The zero-order chi connectivity index (χ0) is 13.6. The van der Waals surface area contributed by atoms with Gasteiger partial charge in [0.25, 0.3) is 0 Å². The third-order valence-corrected chi connectivity index (χ3v) is 6.25. The molecule has 0 N–H and O–H groups in total. The zero-order valence-electron chi connectivity index (χ0n) is 11.1. The third kappa shape index (κ3) is 3.79. The third-order valence-electron chi connectivity index (χ3n) is 3.22. The number of rotatable bonds is 6. The Morgan fingerprint density at radius 3 is 2.11 bits per heavy atom. The fourth-order valence-electron chi connectivity index (χ4n) is 2.05. The van der Waals surface area contributed by atoms with Gasteiger partial charge in [0.1, 0.15) is 0 Å². The molecule has 0 saturated carbocycles. The van der Waals surface area contributed by atoms with Gasteiger partial charge in [-0.3, -0.25) is 0 Å². The Morgan fingerprint density at radius 1 is 1.00 bits per heavy atom. The first-order chi connectivity index (χ1) is 9.28. The maximum absolute atomic E-state index is 11.7. The van der Waals surface area contributed by atoms with E-state index in [1.54, 1.807) is 0 Å². The average Bonchev–Trinajstić information content (AvgIpc) is 2.48. The van der Waals surface area contributed by atoms with Crippen molar-refractivity contribution in [2.45, 2.75) is 24.1 Å². The van der Waals surface area contributed by atoms with Crippen LogP contribution in [0.1, 0.15) is 18.9 Å². The van der Waals surface area contributed by atoms with Crippen LogP contribution in [0.3, 0.4) is 0 Å². The number of hydrogen-bond donors (Lipinski definition) is 0. The summed E-state index contributed by atoms with van der Waals surface area (Å²) < 4.78 is 1.07. The van der Waals surface area contributed by atoms with Crippen LogP contribution in [0.5, 0.6) is 0 Å². The quantitative estimate of drug-likeness (QED) is 0.591. The summed E-state index contributed by atoms with van der Waals surface area (Å²) in [6, 6.07) is 20.7. The van der Waals surface area contributed by atoms with Crippen molar-refractivity contribution in [3.63, 3.8) is 0 Å². The van der Waals surface area contributed by atoms with Crippen LogP contribution >= 0.6 is 0 Å². The number of benzene rings is 2. The molecule has 0 amide bonds. The van der Waals surface area contributed by atoms with Crippen molar-refractivity contribution < 1.29 is 4.79 Å². The molecule has 1 atom stereocenters. The van der Waals surface area contributed by atoms with Gasteiger partial charge < -0.3 is 0 Å². The molecular weight excluding hydrogens is 299 g/mol. The molecule has 0 heterocycles. The van der Waals surface area contributed by atoms with E-state index in [1.165, 1.54) is 16.3 Å². The SMILES string of the molecule is CCC(C=O)(Cc1ccccc1)[Se]c1ccccc1. The van der Waals surface area contributed by atoms with Gasteiger partial charge in [-0.2, -0.15) is 0 Å². The molecule has 0 aromatic heterocycles. The fraction of sp³-hybridized carbons (Fsp3) is 0.235. The molecule has 1 nitrogen and oxygen atoms in total. The molecular formula is C17H18OSe. The second kappa shape index (κ2) is 6.70. The summed E-state index contributed by atoms with van der Waals surface area (Å²) in [4.78, 5) is 11.7. The summed E-state index contributed by atoms with van der Waals surface area (Å²) in [6.45, 7) is 2.11. The maximum atomic E-state index is 11.7. The van der Waals surface area contributed by atoms with E-state index in [2.05, 4.69) is 31.2 Å². The van der Waals surface area contributed by atoms with E-state index < -0.39 is 0 Å². The van der Waals surface area contributed by atoms with E-state index >= 15 is 0 Å². The molecule has 0 spiro atoms. The van der Waals surface area contributed by atoms with Crippen molar-refractivity contribution in [3.8, 4) is 0 Å². The molecule has 0 aliphatic rings. The van der Waals surface area contributed by atoms with Gasteiger partial charge >= 0.3 is 121 Å². The summed E-state index contributed by atoms with van der Waals surface area (Å²) in [7, 11) is 0. The second-order valence-corrected chi connectivity index (χ2v) is 7.74. The number of hydrogen-bond acceptors (Lipinski definition) is 1. The number of carbonyl (C=O) groups is 1. The average molecular weight is 317 g/mol. The van der Waals surface area contributed by atoms with Gasteiger partial charge in [0.15, 0.2) is 0 Å². The van der Waals surface area contributed by atoms with E-state index in [0.717, 1.165) is 12.8 Å². The Hall–Kier alpha value is -1.37. The molecule has 0 aliphatic heterocycles. The van der Waals surface area contributed by atoms with E-state index in [1.807, 2.05) is 36.4 Å². The molecule has 0 aliphatic carbocycles. The van der Waals surface area contributed by atoms with Gasteiger partial charge in [-0.05, 0) is 0 Å². The Morgan fingerprint density at radius 2 is 1.58 bits per heavy atom. The van der Waals surface area contributed by atoms with Crippen LogP contribution in [0.2, 0.25) is 4.31 Å². The normalized spacial score (nSPS) is 13.7. The summed E-state index contributed by atoms with van der Waals surface area (Å²) in [5, 5.41) is 0. The van der Waals surface area contributed by atoms with Crippen LogP contribution in [0.25, 0.3) is 0 Å². The minimum absolute atomic E-state index is 0.167. The predicted molar refractivity (Wildman–Crippen MR) is 81.0 cm³/mol. The molecule has 19 heavy (non-hydrogen) atoms. The molecule has 2 aromatic rings. The van der Waals surface area contributed by atoms with Crippen LogP contribution in [0.4, 0.5) is 0 Å². The molecule has 0 bridgehead atoms. The number of carbonyl (C=O) groups excluding carboxylic acids is 1. The topological polar surface area (TPSA) is 17.1 Å². The van der Waals surface area contributed by atoms with Gasteiger partial charge in [0.05, 0.1) is 0 Å². The van der Waals surface area contributed by atoms with E-state index in [9.17, 15) is 4.79 Å². The van der Waals surface area contributed by atoms with Gasteiger partial charge in [-0.1, -0.05) is 0 Å². The summed E-state index contributed by atoms with van der Waals surface area (Å²) >= 11 is 0.167. The monoisotopic (exact) mass is 318 g/mol. The van der Waals surface area contributed by atoms with Crippen molar-refractivity contribution in [3.05, 3.63) is 66.2 Å². The minimum atomic E-state index is -0.226. The van der Waals surface area contributed by atoms with E-state index in [-0.39, 0.29) is 19.3 Å².